The average Bonchev–Trinajstić information content (AvgIpc) is 2.34. The summed E-state index contributed by atoms with van der Waals surface area (Å²) in [5, 5.41) is 0. The minimum absolute atomic E-state index is 0.0705. The molecule has 1 rings (SSSR count). The molecule has 2 nitrogen and oxygen atoms in total. The van der Waals surface area contributed by atoms with Crippen LogP contribution >= 0.6 is 0 Å². The summed E-state index contributed by atoms with van der Waals surface area (Å²) in [6.45, 7) is 8.48. The molecule has 18 heavy (non-hydrogen) atoms. The third-order valence-corrected chi connectivity index (χ3v) is 3.15. The van der Waals surface area contributed by atoms with Gasteiger partial charge in [0.05, 0.1) is 0 Å². The van der Waals surface area contributed by atoms with Crippen molar-refractivity contribution in [3.63, 3.8) is 0 Å². The van der Waals surface area contributed by atoms with E-state index in [2.05, 4.69) is 33.8 Å². The Balaban J connectivity index is 3.11. The van der Waals surface area contributed by atoms with Crippen LogP contribution in [0.5, 0.6) is 0 Å². The van der Waals surface area contributed by atoms with E-state index < -0.39 is 0 Å². The minimum Gasteiger partial charge on any atom is -0.303 e. The van der Waals surface area contributed by atoms with Crippen LogP contribution in [-0.4, -0.2) is 12.1 Å². The zero-order chi connectivity index (χ0) is 13.7. The van der Waals surface area contributed by atoms with E-state index in [1.807, 2.05) is 12.1 Å². The zero-order valence-corrected chi connectivity index (χ0v) is 11.7. The highest BCUT2D eigenvalue weighted by molar-refractivity contribution is 5.98. The quantitative estimate of drug-likeness (QED) is 0.559. The van der Waals surface area contributed by atoms with Crippen molar-refractivity contribution in [3.8, 4) is 0 Å². The van der Waals surface area contributed by atoms with Crippen LogP contribution < -0.4 is 0 Å². The Hall–Kier alpha value is -1.44. The number of carbonyl (C=O) groups excluding carboxylic acids is 2. The first-order chi connectivity index (χ1) is 8.47. The van der Waals surface area contributed by atoms with Crippen LogP contribution in [0.15, 0.2) is 18.2 Å². The van der Waals surface area contributed by atoms with Crippen LogP contribution in [0.1, 0.15) is 73.9 Å². The first-order valence-electron chi connectivity index (χ1n) is 6.58. The van der Waals surface area contributed by atoms with Gasteiger partial charge >= 0.3 is 0 Å². The number of hydrogen-bond acceptors (Lipinski definition) is 2. The summed E-state index contributed by atoms with van der Waals surface area (Å²) in [7, 11) is 0. The maximum atomic E-state index is 12.1. The van der Waals surface area contributed by atoms with Gasteiger partial charge in [-0.05, 0) is 23.0 Å². The second-order valence-corrected chi connectivity index (χ2v) is 5.28. The molecule has 2 heteroatoms. The van der Waals surface area contributed by atoms with Crippen molar-refractivity contribution in [2.24, 2.45) is 0 Å². The maximum absolute atomic E-state index is 12.1. The highest BCUT2D eigenvalue weighted by Crippen LogP contribution is 2.26. The maximum Gasteiger partial charge on any atom is 0.163 e. The normalized spacial score (nSPS) is 11.0. The van der Waals surface area contributed by atoms with E-state index in [1.165, 1.54) is 5.56 Å². The predicted molar refractivity (Wildman–Crippen MR) is 74.2 cm³/mol. The highest BCUT2D eigenvalue weighted by atomic mass is 16.1. The molecule has 0 fully saturated rings. The van der Waals surface area contributed by atoms with Crippen molar-refractivity contribution >= 4 is 12.1 Å². The molecule has 0 aliphatic heterocycles. The summed E-state index contributed by atoms with van der Waals surface area (Å²) < 4.78 is 0. The fourth-order valence-corrected chi connectivity index (χ4v) is 2.00. The molecule has 0 saturated heterocycles. The van der Waals surface area contributed by atoms with Crippen LogP contribution in [0.2, 0.25) is 0 Å². The van der Waals surface area contributed by atoms with Crippen molar-refractivity contribution in [2.75, 3.05) is 0 Å². The smallest absolute Gasteiger partial charge is 0.163 e. The van der Waals surface area contributed by atoms with Gasteiger partial charge in [0.15, 0.2) is 5.78 Å². The van der Waals surface area contributed by atoms with Crippen LogP contribution in [0.25, 0.3) is 0 Å². The van der Waals surface area contributed by atoms with E-state index in [-0.39, 0.29) is 5.78 Å². The number of benzene rings is 1. The van der Waals surface area contributed by atoms with Gasteiger partial charge < -0.3 is 4.79 Å². The molecule has 0 atom stereocenters. The minimum atomic E-state index is 0.0705. The van der Waals surface area contributed by atoms with Gasteiger partial charge in [0.2, 0.25) is 0 Å². The molecule has 0 bridgehead atoms. The number of hydrogen-bond donors (Lipinski definition) is 0. The molecule has 0 unspecified atom stereocenters. The zero-order valence-electron chi connectivity index (χ0n) is 11.7. The number of ketones is 1. The van der Waals surface area contributed by atoms with E-state index in [4.69, 9.17) is 0 Å². The topological polar surface area (TPSA) is 34.1 Å². The summed E-state index contributed by atoms with van der Waals surface area (Å²) >= 11 is 0. The Kier molecular flexibility index (Phi) is 5.26. The van der Waals surface area contributed by atoms with Gasteiger partial charge in [-0.3, -0.25) is 4.79 Å². The summed E-state index contributed by atoms with van der Waals surface area (Å²) in [6.07, 6.45) is 1.42. The van der Waals surface area contributed by atoms with Gasteiger partial charge in [-0.25, -0.2) is 0 Å². The highest BCUT2D eigenvalue weighted by Gasteiger charge is 2.15. The number of carbonyl (C=O) groups is 2. The molecule has 98 valence electrons. The van der Waals surface area contributed by atoms with Crippen molar-refractivity contribution in [1.29, 1.82) is 0 Å². The second kappa shape index (κ2) is 6.48. The van der Waals surface area contributed by atoms with Gasteiger partial charge in [0.1, 0.15) is 6.29 Å². The molecule has 0 N–H and O–H groups in total. The SMILES string of the molecule is CC(C)c1ccc(C(=O)CCC=O)c(C(C)C)c1. The first kappa shape index (κ1) is 14.6. The lowest BCUT2D eigenvalue weighted by Crippen LogP contribution is -2.06. The number of aldehydes is 1. The van der Waals surface area contributed by atoms with E-state index >= 15 is 0 Å². The molecule has 1 aromatic carbocycles. The van der Waals surface area contributed by atoms with E-state index in [0.717, 1.165) is 17.4 Å². The molecule has 0 heterocycles. The summed E-state index contributed by atoms with van der Waals surface area (Å²) in [5.41, 5.74) is 3.12. The molecule has 0 spiro atoms. The average molecular weight is 246 g/mol. The Morgan fingerprint density at radius 3 is 2.33 bits per heavy atom. The molecule has 0 saturated carbocycles. The van der Waals surface area contributed by atoms with E-state index in [9.17, 15) is 9.59 Å². The number of rotatable bonds is 6. The van der Waals surface area contributed by atoms with Gasteiger partial charge in [-0.2, -0.15) is 0 Å². The van der Waals surface area contributed by atoms with Crippen molar-refractivity contribution in [1.82, 2.24) is 0 Å². The largest absolute Gasteiger partial charge is 0.303 e. The molecule has 0 aromatic heterocycles. The van der Waals surface area contributed by atoms with Gasteiger partial charge in [-0.15, -0.1) is 0 Å². The van der Waals surface area contributed by atoms with Crippen molar-refractivity contribution < 1.29 is 9.59 Å². The Bertz CT molecular complexity index is 431. The predicted octanol–water partition coefficient (Wildman–Crippen LogP) is 4.10. The second-order valence-electron chi connectivity index (χ2n) is 5.28. The van der Waals surface area contributed by atoms with Crippen LogP contribution in [0.3, 0.4) is 0 Å². The third-order valence-electron chi connectivity index (χ3n) is 3.15. The first-order valence-corrected chi connectivity index (χ1v) is 6.58. The number of Topliss-reactive ketones (excluding diaryl/α,β-unsaturated/α-hetero) is 1. The lowest BCUT2D eigenvalue weighted by atomic mass is 9.89. The Morgan fingerprint density at radius 2 is 1.83 bits per heavy atom. The molecule has 0 radical (unpaired) electrons. The van der Waals surface area contributed by atoms with Crippen LogP contribution in [0.4, 0.5) is 0 Å². The van der Waals surface area contributed by atoms with Crippen molar-refractivity contribution in [2.45, 2.75) is 52.4 Å². The lowest BCUT2D eigenvalue weighted by molar-refractivity contribution is -0.107. The van der Waals surface area contributed by atoms with Crippen LogP contribution in [-0.2, 0) is 4.79 Å². The van der Waals surface area contributed by atoms with E-state index in [1.54, 1.807) is 0 Å². The molecule has 0 amide bonds. The molecular formula is C16H22O2. The van der Waals surface area contributed by atoms with Gasteiger partial charge in [0, 0.05) is 18.4 Å². The van der Waals surface area contributed by atoms with Crippen molar-refractivity contribution in [3.05, 3.63) is 34.9 Å². The summed E-state index contributed by atoms with van der Waals surface area (Å²) in [5.74, 6) is 0.849. The summed E-state index contributed by atoms with van der Waals surface area (Å²) in [4.78, 5) is 22.4. The molecule has 0 aliphatic carbocycles. The van der Waals surface area contributed by atoms with Gasteiger partial charge in [0.25, 0.3) is 0 Å². The fourth-order valence-electron chi connectivity index (χ4n) is 2.00. The monoisotopic (exact) mass is 246 g/mol. The summed E-state index contributed by atoms with van der Waals surface area (Å²) in [6, 6.07) is 6.06. The van der Waals surface area contributed by atoms with Crippen LogP contribution in [0, 0.1) is 0 Å². The van der Waals surface area contributed by atoms with Gasteiger partial charge in [-0.1, -0.05) is 45.9 Å². The lowest BCUT2D eigenvalue weighted by Gasteiger charge is -2.15. The molecular weight excluding hydrogens is 224 g/mol. The fraction of sp³-hybridized carbons (Fsp3) is 0.500. The third kappa shape index (κ3) is 3.52. The Morgan fingerprint density at radius 1 is 1.17 bits per heavy atom. The Labute approximate surface area is 109 Å². The standard InChI is InChI=1S/C16H22O2/c1-11(2)13-7-8-14(15(10-13)12(3)4)16(18)6-5-9-17/h7-12H,5-6H2,1-4H3. The van der Waals surface area contributed by atoms with E-state index in [0.29, 0.717) is 24.7 Å². The molecule has 0 aliphatic rings. The molecule has 1 aromatic rings.